The topological polar surface area (TPSA) is 29.5 Å². The van der Waals surface area contributed by atoms with Crippen LogP contribution in [0.2, 0.25) is 5.02 Å². The number of ether oxygens (including phenoxy) is 1. The highest BCUT2D eigenvalue weighted by molar-refractivity contribution is 6.30. The SMILES string of the molecule is OCC#Cc1ccc(F)cc1OCc1ccc(Cl)c(F)c1. The largest absolute Gasteiger partial charge is 0.487 e. The zero-order valence-electron chi connectivity index (χ0n) is 10.9. The first-order valence-corrected chi connectivity index (χ1v) is 6.44. The van der Waals surface area contributed by atoms with Gasteiger partial charge in [0.1, 0.15) is 30.6 Å². The van der Waals surface area contributed by atoms with Crippen molar-refractivity contribution in [2.24, 2.45) is 0 Å². The van der Waals surface area contributed by atoms with E-state index >= 15 is 0 Å². The summed E-state index contributed by atoms with van der Waals surface area (Å²) in [6, 6.07) is 8.18. The Hall–Kier alpha value is -2.09. The van der Waals surface area contributed by atoms with Crippen molar-refractivity contribution in [2.45, 2.75) is 6.61 Å². The van der Waals surface area contributed by atoms with Crippen LogP contribution < -0.4 is 4.74 Å². The van der Waals surface area contributed by atoms with E-state index in [0.717, 1.165) is 0 Å². The molecular formula is C16H11ClF2O2. The number of benzene rings is 2. The molecule has 2 aromatic carbocycles. The number of halogens is 3. The average Bonchev–Trinajstić information content (AvgIpc) is 2.47. The van der Waals surface area contributed by atoms with Crippen molar-refractivity contribution in [1.82, 2.24) is 0 Å². The molecule has 5 heteroatoms. The lowest BCUT2D eigenvalue weighted by atomic mass is 10.2. The van der Waals surface area contributed by atoms with Crippen LogP contribution in [0.3, 0.4) is 0 Å². The number of aliphatic hydroxyl groups excluding tert-OH is 1. The highest BCUT2D eigenvalue weighted by Gasteiger charge is 2.06. The second-order valence-corrected chi connectivity index (χ2v) is 4.54. The lowest BCUT2D eigenvalue weighted by Gasteiger charge is -2.09. The number of rotatable bonds is 3. The number of aliphatic hydroxyl groups is 1. The van der Waals surface area contributed by atoms with Crippen molar-refractivity contribution in [1.29, 1.82) is 0 Å². The molecule has 0 aliphatic carbocycles. The summed E-state index contributed by atoms with van der Waals surface area (Å²) in [5.41, 5.74) is 1.00. The first-order chi connectivity index (χ1) is 10.1. The monoisotopic (exact) mass is 308 g/mol. The van der Waals surface area contributed by atoms with Gasteiger partial charge in [0, 0.05) is 6.07 Å². The van der Waals surface area contributed by atoms with Gasteiger partial charge in [-0.15, -0.1) is 0 Å². The molecule has 0 fully saturated rings. The van der Waals surface area contributed by atoms with E-state index in [9.17, 15) is 8.78 Å². The Labute approximate surface area is 125 Å². The summed E-state index contributed by atoms with van der Waals surface area (Å²) in [4.78, 5) is 0. The zero-order chi connectivity index (χ0) is 15.2. The fourth-order valence-corrected chi connectivity index (χ4v) is 1.76. The fraction of sp³-hybridized carbons (Fsp3) is 0.125. The summed E-state index contributed by atoms with van der Waals surface area (Å²) in [6.45, 7) is -0.259. The molecule has 1 N–H and O–H groups in total. The molecule has 21 heavy (non-hydrogen) atoms. The molecule has 108 valence electrons. The van der Waals surface area contributed by atoms with Crippen molar-refractivity contribution in [3.05, 3.63) is 64.2 Å². The lowest BCUT2D eigenvalue weighted by Crippen LogP contribution is -1.98. The predicted octanol–water partition coefficient (Wildman–Crippen LogP) is 3.54. The van der Waals surface area contributed by atoms with E-state index < -0.39 is 11.6 Å². The second-order valence-electron chi connectivity index (χ2n) is 4.14. The highest BCUT2D eigenvalue weighted by Crippen LogP contribution is 2.21. The third-order valence-corrected chi connectivity index (χ3v) is 2.93. The van der Waals surface area contributed by atoms with E-state index in [1.165, 1.54) is 30.3 Å². The van der Waals surface area contributed by atoms with Gasteiger partial charge in [0.25, 0.3) is 0 Å². The van der Waals surface area contributed by atoms with Gasteiger partial charge in [0.2, 0.25) is 0 Å². The van der Waals surface area contributed by atoms with Crippen LogP contribution in [0.5, 0.6) is 5.75 Å². The van der Waals surface area contributed by atoms with E-state index in [1.54, 1.807) is 6.07 Å². The van der Waals surface area contributed by atoms with Gasteiger partial charge < -0.3 is 9.84 Å². The molecule has 0 atom stereocenters. The summed E-state index contributed by atoms with van der Waals surface area (Å²) in [5.74, 6) is 4.34. The van der Waals surface area contributed by atoms with Crippen LogP contribution in [-0.2, 0) is 6.61 Å². The standard InChI is InChI=1S/C16H11ClF2O2/c17-14-6-3-11(8-15(14)19)10-21-16-9-13(18)5-4-12(16)2-1-7-20/h3-6,8-9,20H,7,10H2. The van der Waals surface area contributed by atoms with E-state index in [1.807, 2.05) is 0 Å². The normalized spacial score (nSPS) is 9.90. The first kappa shape index (κ1) is 15.3. The molecule has 0 unspecified atom stereocenters. The maximum absolute atomic E-state index is 13.3. The fourth-order valence-electron chi connectivity index (χ4n) is 1.64. The van der Waals surface area contributed by atoms with Crippen LogP contribution in [0.25, 0.3) is 0 Å². The van der Waals surface area contributed by atoms with Gasteiger partial charge in [-0.3, -0.25) is 0 Å². The molecule has 0 aliphatic rings. The average molecular weight is 309 g/mol. The Balaban J connectivity index is 2.18. The van der Waals surface area contributed by atoms with E-state index in [2.05, 4.69) is 11.8 Å². The first-order valence-electron chi connectivity index (χ1n) is 6.06. The smallest absolute Gasteiger partial charge is 0.142 e. The van der Waals surface area contributed by atoms with Crippen molar-refractivity contribution in [3.8, 4) is 17.6 Å². The van der Waals surface area contributed by atoms with Gasteiger partial charge in [-0.1, -0.05) is 29.5 Å². The van der Waals surface area contributed by atoms with Crippen molar-refractivity contribution in [3.63, 3.8) is 0 Å². The molecule has 0 saturated heterocycles. The quantitative estimate of drug-likeness (QED) is 0.879. The van der Waals surface area contributed by atoms with Gasteiger partial charge in [0.05, 0.1) is 10.6 Å². The highest BCUT2D eigenvalue weighted by atomic mass is 35.5. The minimum Gasteiger partial charge on any atom is -0.487 e. The van der Waals surface area contributed by atoms with Crippen LogP contribution in [0.4, 0.5) is 8.78 Å². The molecule has 0 bridgehead atoms. The van der Waals surface area contributed by atoms with Gasteiger partial charge in [-0.05, 0) is 29.8 Å². The maximum Gasteiger partial charge on any atom is 0.142 e. The summed E-state index contributed by atoms with van der Waals surface area (Å²) in [7, 11) is 0. The minimum absolute atomic E-state index is 0.0269. The van der Waals surface area contributed by atoms with Crippen LogP contribution >= 0.6 is 11.6 Å². The molecule has 0 saturated carbocycles. The molecule has 0 heterocycles. The van der Waals surface area contributed by atoms with Crippen molar-refractivity contribution in [2.75, 3.05) is 6.61 Å². The van der Waals surface area contributed by atoms with E-state index in [4.69, 9.17) is 21.4 Å². The number of hydrogen-bond donors (Lipinski definition) is 1. The Morgan fingerprint density at radius 3 is 2.67 bits per heavy atom. The third kappa shape index (κ3) is 4.19. The molecule has 0 amide bonds. The second kappa shape index (κ2) is 7.07. The molecular weight excluding hydrogens is 298 g/mol. The Morgan fingerprint density at radius 1 is 1.14 bits per heavy atom. The van der Waals surface area contributed by atoms with Crippen LogP contribution in [-0.4, -0.2) is 11.7 Å². The summed E-state index contributed by atoms with van der Waals surface area (Å²) in [5, 5.41) is 8.72. The summed E-state index contributed by atoms with van der Waals surface area (Å²) in [6.07, 6.45) is 0. The molecule has 2 rings (SSSR count). The van der Waals surface area contributed by atoms with Gasteiger partial charge in [-0.25, -0.2) is 8.78 Å². The van der Waals surface area contributed by atoms with Crippen molar-refractivity contribution < 1.29 is 18.6 Å². The van der Waals surface area contributed by atoms with E-state index in [-0.39, 0.29) is 24.0 Å². The lowest BCUT2D eigenvalue weighted by molar-refractivity contribution is 0.303. The van der Waals surface area contributed by atoms with Gasteiger partial charge >= 0.3 is 0 Å². The maximum atomic E-state index is 13.3. The molecule has 0 radical (unpaired) electrons. The molecule has 2 aromatic rings. The minimum atomic E-state index is -0.544. The van der Waals surface area contributed by atoms with Gasteiger partial charge in [0.15, 0.2) is 0 Å². The molecule has 2 nitrogen and oxygen atoms in total. The Morgan fingerprint density at radius 2 is 1.95 bits per heavy atom. The Bertz CT molecular complexity index is 705. The van der Waals surface area contributed by atoms with Crippen molar-refractivity contribution >= 4 is 11.6 Å². The van der Waals surface area contributed by atoms with Crippen LogP contribution in [0.15, 0.2) is 36.4 Å². The van der Waals surface area contributed by atoms with Gasteiger partial charge in [-0.2, -0.15) is 0 Å². The van der Waals surface area contributed by atoms with E-state index in [0.29, 0.717) is 11.1 Å². The molecule has 0 aromatic heterocycles. The number of hydrogen-bond acceptors (Lipinski definition) is 2. The predicted molar refractivity (Wildman–Crippen MR) is 76.1 cm³/mol. The van der Waals surface area contributed by atoms with Crippen LogP contribution in [0.1, 0.15) is 11.1 Å². The molecule has 0 aliphatic heterocycles. The third-order valence-electron chi connectivity index (χ3n) is 2.62. The summed E-state index contributed by atoms with van der Waals surface area (Å²) >= 11 is 5.59. The van der Waals surface area contributed by atoms with Crippen LogP contribution in [0, 0.1) is 23.5 Å². The summed E-state index contributed by atoms with van der Waals surface area (Å²) < 4.78 is 32.0. The molecule has 0 spiro atoms. The Kier molecular flexibility index (Phi) is 5.15. The zero-order valence-corrected chi connectivity index (χ0v) is 11.6.